The Hall–Kier alpha value is -2.80. The maximum Gasteiger partial charge on any atom is 0.243 e. The van der Waals surface area contributed by atoms with Crippen LogP contribution in [-0.4, -0.2) is 12.5 Å². The zero-order valence-electron chi connectivity index (χ0n) is 11.9. The molecule has 0 heterocycles. The van der Waals surface area contributed by atoms with Crippen LogP contribution in [0.1, 0.15) is 11.1 Å². The highest BCUT2D eigenvalue weighted by Crippen LogP contribution is 2.13. The zero-order valence-corrected chi connectivity index (χ0v) is 11.9. The number of anilines is 2. The molecule has 1 amide bonds. The van der Waals surface area contributed by atoms with Gasteiger partial charge in [-0.1, -0.05) is 30.3 Å². The van der Waals surface area contributed by atoms with Crippen LogP contribution in [0.15, 0.2) is 48.5 Å². The molecule has 106 valence electrons. The Bertz CT molecular complexity index is 656. The molecule has 0 saturated heterocycles. The summed E-state index contributed by atoms with van der Waals surface area (Å²) in [5, 5.41) is 14.5. The van der Waals surface area contributed by atoms with Crippen LogP contribution in [0.2, 0.25) is 0 Å². The third-order valence-electron chi connectivity index (χ3n) is 3.11. The van der Waals surface area contributed by atoms with Gasteiger partial charge in [0.05, 0.1) is 19.0 Å². The summed E-state index contributed by atoms with van der Waals surface area (Å²) in [5.41, 5.74) is 3.73. The zero-order chi connectivity index (χ0) is 15.1. The number of amides is 1. The van der Waals surface area contributed by atoms with Gasteiger partial charge in [-0.25, -0.2) is 0 Å². The summed E-state index contributed by atoms with van der Waals surface area (Å²) in [7, 11) is 0. The Labute approximate surface area is 124 Å². The Morgan fingerprint density at radius 3 is 2.52 bits per heavy atom. The number of aryl methyl sites for hydroxylation is 1. The molecule has 0 spiro atoms. The highest BCUT2D eigenvalue weighted by atomic mass is 16.1. The van der Waals surface area contributed by atoms with E-state index in [4.69, 9.17) is 5.26 Å². The van der Waals surface area contributed by atoms with E-state index in [1.165, 1.54) is 0 Å². The minimum Gasteiger partial charge on any atom is -0.376 e. The van der Waals surface area contributed by atoms with Gasteiger partial charge in [-0.15, -0.1) is 0 Å². The molecule has 21 heavy (non-hydrogen) atoms. The van der Waals surface area contributed by atoms with E-state index in [0.29, 0.717) is 6.42 Å². The van der Waals surface area contributed by atoms with E-state index >= 15 is 0 Å². The second-order valence-electron chi connectivity index (χ2n) is 4.75. The lowest BCUT2D eigenvalue weighted by Crippen LogP contribution is -2.22. The van der Waals surface area contributed by atoms with Gasteiger partial charge in [0.2, 0.25) is 5.91 Å². The van der Waals surface area contributed by atoms with Gasteiger partial charge in [-0.05, 0) is 36.2 Å². The maximum absolute atomic E-state index is 11.9. The van der Waals surface area contributed by atoms with E-state index < -0.39 is 0 Å². The lowest BCUT2D eigenvalue weighted by molar-refractivity contribution is -0.114. The monoisotopic (exact) mass is 279 g/mol. The number of hydrogen-bond donors (Lipinski definition) is 2. The molecule has 0 unspecified atom stereocenters. The summed E-state index contributed by atoms with van der Waals surface area (Å²) < 4.78 is 0. The molecule has 0 aliphatic carbocycles. The minimum atomic E-state index is -0.105. The summed E-state index contributed by atoms with van der Waals surface area (Å²) in [4.78, 5) is 11.9. The SMILES string of the molecule is Cc1ccccc1NCC(=O)Nc1ccc(CC#N)cc1. The molecule has 0 aliphatic rings. The fourth-order valence-electron chi connectivity index (χ4n) is 1.95. The van der Waals surface area contributed by atoms with Crippen molar-refractivity contribution in [1.82, 2.24) is 0 Å². The fraction of sp³-hybridized carbons (Fsp3) is 0.176. The van der Waals surface area contributed by atoms with E-state index in [1.807, 2.05) is 43.3 Å². The van der Waals surface area contributed by atoms with Crippen LogP contribution in [0.3, 0.4) is 0 Å². The van der Waals surface area contributed by atoms with Crippen LogP contribution in [0.5, 0.6) is 0 Å². The second-order valence-corrected chi connectivity index (χ2v) is 4.75. The van der Waals surface area contributed by atoms with Crippen molar-refractivity contribution in [1.29, 1.82) is 5.26 Å². The summed E-state index contributed by atoms with van der Waals surface area (Å²) in [6.45, 7) is 2.21. The van der Waals surface area contributed by atoms with Crippen LogP contribution in [0.4, 0.5) is 11.4 Å². The Kier molecular flexibility index (Phi) is 4.94. The summed E-state index contributed by atoms with van der Waals surface area (Å²) in [6, 6.07) is 17.2. The molecule has 0 aromatic heterocycles. The molecule has 2 aromatic carbocycles. The van der Waals surface area contributed by atoms with E-state index in [0.717, 1.165) is 22.5 Å². The van der Waals surface area contributed by atoms with Crippen molar-refractivity contribution in [2.75, 3.05) is 17.2 Å². The van der Waals surface area contributed by atoms with Gasteiger partial charge in [0.15, 0.2) is 0 Å². The van der Waals surface area contributed by atoms with Gasteiger partial charge in [0.1, 0.15) is 0 Å². The molecule has 4 heteroatoms. The first-order valence-corrected chi connectivity index (χ1v) is 6.74. The van der Waals surface area contributed by atoms with Crippen molar-refractivity contribution in [3.8, 4) is 6.07 Å². The Morgan fingerprint density at radius 2 is 1.86 bits per heavy atom. The van der Waals surface area contributed by atoms with Crippen molar-refractivity contribution in [2.45, 2.75) is 13.3 Å². The van der Waals surface area contributed by atoms with E-state index in [-0.39, 0.29) is 12.5 Å². The molecule has 2 N–H and O–H groups in total. The van der Waals surface area contributed by atoms with Gasteiger partial charge in [0, 0.05) is 11.4 Å². The fourth-order valence-corrected chi connectivity index (χ4v) is 1.95. The first-order valence-electron chi connectivity index (χ1n) is 6.74. The number of nitrogens with one attached hydrogen (secondary N) is 2. The molecule has 4 nitrogen and oxygen atoms in total. The Balaban J connectivity index is 1.87. The predicted octanol–water partition coefficient (Wildman–Crippen LogP) is 3.11. The molecular weight excluding hydrogens is 262 g/mol. The normalized spacial score (nSPS) is 9.71. The average molecular weight is 279 g/mol. The number of nitrogens with zero attached hydrogens (tertiary/aromatic N) is 1. The summed E-state index contributed by atoms with van der Waals surface area (Å²) >= 11 is 0. The number of carbonyl (C=O) groups is 1. The van der Waals surface area contributed by atoms with Gasteiger partial charge in [0.25, 0.3) is 0 Å². The van der Waals surface area contributed by atoms with Crippen LogP contribution in [-0.2, 0) is 11.2 Å². The maximum atomic E-state index is 11.9. The van der Waals surface area contributed by atoms with Gasteiger partial charge in [-0.3, -0.25) is 4.79 Å². The number of nitriles is 1. The molecule has 2 rings (SSSR count). The lowest BCUT2D eigenvalue weighted by atomic mass is 10.1. The van der Waals surface area contributed by atoms with Crippen LogP contribution >= 0.6 is 0 Å². The molecular formula is C17H17N3O. The van der Waals surface area contributed by atoms with Gasteiger partial charge in [-0.2, -0.15) is 5.26 Å². The lowest BCUT2D eigenvalue weighted by Gasteiger charge is -2.10. The molecule has 0 fully saturated rings. The second kappa shape index (κ2) is 7.11. The van der Waals surface area contributed by atoms with Crippen LogP contribution in [0, 0.1) is 18.3 Å². The highest BCUT2D eigenvalue weighted by molar-refractivity contribution is 5.93. The topological polar surface area (TPSA) is 64.9 Å². The van der Waals surface area contributed by atoms with E-state index in [2.05, 4.69) is 16.7 Å². The van der Waals surface area contributed by atoms with Crippen molar-refractivity contribution >= 4 is 17.3 Å². The van der Waals surface area contributed by atoms with Crippen molar-refractivity contribution in [2.24, 2.45) is 0 Å². The number of benzene rings is 2. The molecule has 0 atom stereocenters. The molecule has 0 radical (unpaired) electrons. The molecule has 0 bridgehead atoms. The van der Waals surface area contributed by atoms with Gasteiger partial charge < -0.3 is 10.6 Å². The number of hydrogen-bond acceptors (Lipinski definition) is 3. The van der Waals surface area contributed by atoms with Crippen molar-refractivity contribution < 1.29 is 4.79 Å². The van der Waals surface area contributed by atoms with Gasteiger partial charge >= 0.3 is 0 Å². The van der Waals surface area contributed by atoms with Crippen LogP contribution in [0.25, 0.3) is 0 Å². The summed E-state index contributed by atoms with van der Waals surface area (Å²) in [6.07, 6.45) is 0.378. The minimum absolute atomic E-state index is 0.105. The number of rotatable bonds is 5. The average Bonchev–Trinajstić information content (AvgIpc) is 2.49. The number of para-hydroxylation sites is 1. The highest BCUT2D eigenvalue weighted by Gasteiger charge is 2.03. The van der Waals surface area contributed by atoms with Crippen LogP contribution < -0.4 is 10.6 Å². The number of carbonyl (C=O) groups excluding carboxylic acids is 1. The van der Waals surface area contributed by atoms with E-state index in [1.54, 1.807) is 12.1 Å². The first-order chi connectivity index (χ1) is 10.2. The predicted molar refractivity (Wildman–Crippen MR) is 84.1 cm³/mol. The molecule has 0 saturated carbocycles. The Morgan fingerprint density at radius 1 is 1.14 bits per heavy atom. The largest absolute Gasteiger partial charge is 0.376 e. The van der Waals surface area contributed by atoms with Crippen molar-refractivity contribution in [3.05, 3.63) is 59.7 Å². The first kappa shape index (κ1) is 14.6. The quantitative estimate of drug-likeness (QED) is 0.883. The molecule has 0 aliphatic heterocycles. The molecule has 2 aromatic rings. The third kappa shape index (κ3) is 4.36. The summed E-state index contributed by atoms with van der Waals surface area (Å²) in [5.74, 6) is -0.105. The standard InChI is InChI=1S/C17H17N3O/c1-13-4-2-3-5-16(13)19-12-17(21)20-15-8-6-14(7-9-15)10-11-18/h2-9,19H,10,12H2,1H3,(H,20,21). The third-order valence-corrected chi connectivity index (χ3v) is 3.11. The van der Waals surface area contributed by atoms with Crippen molar-refractivity contribution in [3.63, 3.8) is 0 Å². The van der Waals surface area contributed by atoms with E-state index in [9.17, 15) is 4.79 Å². The smallest absolute Gasteiger partial charge is 0.243 e.